The predicted octanol–water partition coefficient (Wildman–Crippen LogP) is 5.24. The normalized spacial score (nSPS) is 13.8. The summed E-state index contributed by atoms with van der Waals surface area (Å²) in [5.41, 5.74) is 2.98. The Bertz CT molecular complexity index is 648. The van der Waals surface area contributed by atoms with Crippen molar-refractivity contribution in [3.63, 3.8) is 0 Å². The molecule has 22 heavy (non-hydrogen) atoms. The molecule has 0 aliphatic rings. The van der Waals surface area contributed by atoms with Crippen molar-refractivity contribution in [3.05, 3.63) is 53.1 Å². The zero-order chi connectivity index (χ0) is 16.8. The molecule has 1 aromatic rings. The van der Waals surface area contributed by atoms with Crippen LogP contribution in [0.25, 0.3) is 0 Å². The SMILES string of the molecule is CCC/C=C(\C)CC(C=C(C)C)S(=O)(=O)c1ccccc1C. The highest BCUT2D eigenvalue weighted by molar-refractivity contribution is 7.92. The van der Waals surface area contributed by atoms with Gasteiger partial charge in [-0.15, -0.1) is 0 Å². The fourth-order valence-corrected chi connectivity index (χ4v) is 4.51. The average molecular weight is 320 g/mol. The lowest BCUT2D eigenvalue weighted by Gasteiger charge is -2.17. The first-order valence-electron chi connectivity index (χ1n) is 7.89. The van der Waals surface area contributed by atoms with Gasteiger partial charge in [-0.2, -0.15) is 0 Å². The number of allylic oxidation sites excluding steroid dienone is 3. The van der Waals surface area contributed by atoms with Crippen molar-refractivity contribution in [2.45, 2.75) is 64.0 Å². The van der Waals surface area contributed by atoms with Crippen LogP contribution in [0, 0.1) is 6.92 Å². The Hall–Kier alpha value is -1.35. The first kappa shape index (κ1) is 18.7. The number of benzene rings is 1. The van der Waals surface area contributed by atoms with Gasteiger partial charge >= 0.3 is 0 Å². The number of hydrogen-bond acceptors (Lipinski definition) is 2. The summed E-state index contributed by atoms with van der Waals surface area (Å²) in [6.45, 7) is 9.90. The second-order valence-corrected chi connectivity index (χ2v) is 8.27. The third-order valence-electron chi connectivity index (χ3n) is 3.62. The molecule has 3 heteroatoms. The van der Waals surface area contributed by atoms with E-state index in [9.17, 15) is 8.42 Å². The maximum Gasteiger partial charge on any atom is 0.185 e. The molecule has 0 aromatic heterocycles. The molecule has 1 aromatic carbocycles. The van der Waals surface area contributed by atoms with Crippen LogP contribution < -0.4 is 0 Å². The molecule has 1 atom stereocenters. The van der Waals surface area contributed by atoms with Crippen molar-refractivity contribution in [3.8, 4) is 0 Å². The van der Waals surface area contributed by atoms with Gasteiger partial charge in [-0.25, -0.2) is 8.42 Å². The van der Waals surface area contributed by atoms with Crippen molar-refractivity contribution >= 4 is 9.84 Å². The van der Waals surface area contributed by atoms with E-state index in [1.807, 2.05) is 45.9 Å². The lowest BCUT2D eigenvalue weighted by Crippen LogP contribution is -2.21. The molecule has 0 spiro atoms. The van der Waals surface area contributed by atoms with Crippen LogP contribution in [0.1, 0.15) is 52.5 Å². The highest BCUT2D eigenvalue weighted by atomic mass is 32.2. The molecule has 122 valence electrons. The lowest BCUT2D eigenvalue weighted by molar-refractivity contribution is 0.586. The molecule has 1 rings (SSSR count). The van der Waals surface area contributed by atoms with E-state index in [2.05, 4.69) is 13.0 Å². The lowest BCUT2D eigenvalue weighted by atomic mass is 10.1. The number of aryl methyl sites for hydroxylation is 1. The van der Waals surface area contributed by atoms with Crippen LogP contribution in [0.5, 0.6) is 0 Å². The second-order valence-electron chi connectivity index (χ2n) is 6.14. The number of sulfone groups is 1. The largest absolute Gasteiger partial charge is 0.223 e. The highest BCUT2D eigenvalue weighted by Crippen LogP contribution is 2.25. The van der Waals surface area contributed by atoms with Gasteiger partial charge in [0.15, 0.2) is 9.84 Å². The maximum absolute atomic E-state index is 13.0. The third kappa shape index (κ3) is 5.13. The molecule has 0 aliphatic carbocycles. The standard InChI is InChI=1S/C19H28O2S/c1-6-7-10-16(4)14-18(13-15(2)3)22(20,21)19-12-9-8-11-17(19)5/h8-13,18H,6-7,14H2,1-5H3/b16-10+. The van der Waals surface area contributed by atoms with E-state index in [1.54, 1.807) is 12.1 Å². The number of hydrogen-bond donors (Lipinski definition) is 0. The molecular formula is C19H28O2S. The Labute approximate surface area is 135 Å². The molecule has 0 saturated carbocycles. The van der Waals surface area contributed by atoms with Crippen molar-refractivity contribution in [1.29, 1.82) is 0 Å². The molecule has 0 saturated heterocycles. The summed E-state index contributed by atoms with van der Waals surface area (Å²) in [5, 5.41) is -0.494. The monoisotopic (exact) mass is 320 g/mol. The van der Waals surface area contributed by atoms with Crippen molar-refractivity contribution in [1.82, 2.24) is 0 Å². The van der Waals surface area contributed by atoms with E-state index in [0.717, 1.165) is 29.6 Å². The number of rotatable bonds is 7. The molecule has 0 amide bonds. The summed E-state index contributed by atoms with van der Waals surface area (Å²) in [6.07, 6.45) is 6.67. The van der Waals surface area contributed by atoms with Gasteiger partial charge in [0, 0.05) is 0 Å². The molecule has 0 fully saturated rings. The third-order valence-corrected chi connectivity index (χ3v) is 5.79. The van der Waals surface area contributed by atoms with Gasteiger partial charge in [0.1, 0.15) is 0 Å². The molecular weight excluding hydrogens is 292 g/mol. The Kier molecular flexibility index (Phi) is 7.08. The van der Waals surface area contributed by atoms with Gasteiger partial charge in [0.25, 0.3) is 0 Å². The van der Waals surface area contributed by atoms with E-state index in [4.69, 9.17) is 0 Å². The summed E-state index contributed by atoms with van der Waals surface area (Å²) in [7, 11) is -3.36. The molecule has 0 N–H and O–H groups in total. The zero-order valence-electron chi connectivity index (χ0n) is 14.4. The summed E-state index contributed by atoms with van der Waals surface area (Å²) < 4.78 is 26.1. The molecule has 1 unspecified atom stereocenters. The quantitative estimate of drug-likeness (QED) is 0.644. The van der Waals surface area contributed by atoms with E-state index < -0.39 is 15.1 Å². The van der Waals surface area contributed by atoms with Crippen molar-refractivity contribution in [2.75, 3.05) is 0 Å². The predicted molar refractivity (Wildman–Crippen MR) is 94.9 cm³/mol. The maximum atomic E-state index is 13.0. The van der Waals surface area contributed by atoms with E-state index in [1.165, 1.54) is 0 Å². The second kappa shape index (κ2) is 8.33. The minimum atomic E-state index is -3.36. The first-order chi connectivity index (χ1) is 10.3. The fourth-order valence-electron chi connectivity index (χ4n) is 2.46. The van der Waals surface area contributed by atoms with Crippen LogP contribution in [0.3, 0.4) is 0 Å². The average Bonchev–Trinajstić information content (AvgIpc) is 2.44. The Morgan fingerprint density at radius 3 is 2.36 bits per heavy atom. The van der Waals surface area contributed by atoms with Gasteiger partial charge < -0.3 is 0 Å². The summed E-state index contributed by atoms with van der Waals surface area (Å²) in [6, 6.07) is 7.23. The minimum Gasteiger partial charge on any atom is -0.223 e. The topological polar surface area (TPSA) is 34.1 Å². The molecule has 0 aliphatic heterocycles. The Morgan fingerprint density at radius 1 is 1.18 bits per heavy atom. The smallest absolute Gasteiger partial charge is 0.185 e. The number of unbranched alkanes of at least 4 members (excludes halogenated alkanes) is 1. The highest BCUT2D eigenvalue weighted by Gasteiger charge is 2.27. The summed E-state index contributed by atoms with van der Waals surface area (Å²) in [5.74, 6) is 0. The van der Waals surface area contributed by atoms with Gasteiger partial charge in [0.2, 0.25) is 0 Å². The Morgan fingerprint density at radius 2 is 1.82 bits per heavy atom. The van der Waals surface area contributed by atoms with Crippen LogP contribution >= 0.6 is 0 Å². The van der Waals surface area contributed by atoms with Crippen LogP contribution in [0.2, 0.25) is 0 Å². The molecule has 0 bridgehead atoms. The molecule has 2 nitrogen and oxygen atoms in total. The zero-order valence-corrected chi connectivity index (χ0v) is 15.2. The van der Waals surface area contributed by atoms with Crippen LogP contribution in [0.4, 0.5) is 0 Å². The van der Waals surface area contributed by atoms with E-state index in [0.29, 0.717) is 11.3 Å². The molecule has 0 radical (unpaired) electrons. The molecule has 0 heterocycles. The Balaban J connectivity index is 3.22. The van der Waals surface area contributed by atoms with E-state index >= 15 is 0 Å². The van der Waals surface area contributed by atoms with Crippen molar-refractivity contribution in [2.24, 2.45) is 0 Å². The van der Waals surface area contributed by atoms with Gasteiger partial charge in [0.05, 0.1) is 10.1 Å². The van der Waals surface area contributed by atoms with Gasteiger partial charge in [-0.3, -0.25) is 0 Å². The summed E-state index contributed by atoms with van der Waals surface area (Å²) in [4.78, 5) is 0.445. The van der Waals surface area contributed by atoms with Crippen LogP contribution in [-0.4, -0.2) is 13.7 Å². The van der Waals surface area contributed by atoms with Gasteiger partial charge in [-0.1, -0.05) is 54.8 Å². The van der Waals surface area contributed by atoms with Crippen LogP contribution in [-0.2, 0) is 9.84 Å². The fraction of sp³-hybridized carbons (Fsp3) is 0.474. The minimum absolute atomic E-state index is 0.445. The van der Waals surface area contributed by atoms with Crippen molar-refractivity contribution < 1.29 is 8.42 Å². The van der Waals surface area contributed by atoms with Gasteiger partial charge in [-0.05, 0) is 52.2 Å². The summed E-state index contributed by atoms with van der Waals surface area (Å²) >= 11 is 0. The first-order valence-corrected chi connectivity index (χ1v) is 9.43. The van der Waals surface area contributed by atoms with E-state index in [-0.39, 0.29) is 0 Å². The van der Waals surface area contributed by atoms with Crippen LogP contribution in [0.15, 0.2) is 52.5 Å².